The quantitative estimate of drug-likeness (QED) is 0.442. The van der Waals surface area contributed by atoms with Crippen molar-refractivity contribution in [2.24, 2.45) is 0 Å². The van der Waals surface area contributed by atoms with Crippen molar-refractivity contribution >= 4 is 32.5 Å². The largest absolute Gasteiger partial charge is 0.345 e. The van der Waals surface area contributed by atoms with Gasteiger partial charge in [-0.25, -0.2) is 26.6 Å². The number of aromatic amines is 1. The molecular formula is C21H11F3N4O3S. The Morgan fingerprint density at radius 3 is 2.50 bits per heavy atom. The first-order valence-electron chi connectivity index (χ1n) is 8.89. The van der Waals surface area contributed by atoms with Gasteiger partial charge < -0.3 is 4.98 Å². The standard InChI is InChI=1S/C21H11F3N4O3S/c22-12-1-3-13(4-2-12)32(30,31)28-17-6-5-16(23)18(19(17)24)20(29)15-10-27-21-14(15)7-11(8-25)9-26-21/h1-7,9-10,28H,(H,26,27). The second-order valence-electron chi connectivity index (χ2n) is 6.61. The summed E-state index contributed by atoms with van der Waals surface area (Å²) >= 11 is 0. The number of fused-ring (bicyclic) bond motifs is 1. The van der Waals surface area contributed by atoms with Crippen molar-refractivity contribution < 1.29 is 26.4 Å². The fourth-order valence-corrected chi connectivity index (χ4v) is 4.10. The molecule has 160 valence electrons. The summed E-state index contributed by atoms with van der Waals surface area (Å²) in [4.78, 5) is 19.2. The van der Waals surface area contributed by atoms with Crippen molar-refractivity contribution in [2.75, 3.05) is 4.72 Å². The minimum absolute atomic E-state index is 0.132. The molecule has 0 atom stereocenters. The predicted molar refractivity (Wildman–Crippen MR) is 108 cm³/mol. The van der Waals surface area contributed by atoms with Crippen molar-refractivity contribution in [3.63, 3.8) is 0 Å². The molecule has 0 aliphatic heterocycles. The number of anilines is 1. The first-order valence-corrected chi connectivity index (χ1v) is 10.4. The number of benzene rings is 2. The number of nitriles is 1. The molecule has 7 nitrogen and oxygen atoms in total. The molecule has 0 radical (unpaired) electrons. The van der Waals surface area contributed by atoms with E-state index >= 15 is 4.39 Å². The number of nitrogens with one attached hydrogen (secondary N) is 2. The summed E-state index contributed by atoms with van der Waals surface area (Å²) in [5.41, 5.74) is -1.46. The third-order valence-corrected chi connectivity index (χ3v) is 5.97. The average molecular weight is 456 g/mol. The lowest BCUT2D eigenvalue weighted by Gasteiger charge is -2.12. The van der Waals surface area contributed by atoms with Crippen molar-refractivity contribution in [3.05, 3.63) is 89.0 Å². The summed E-state index contributed by atoms with van der Waals surface area (Å²) in [6.45, 7) is 0. The van der Waals surface area contributed by atoms with Crippen LogP contribution < -0.4 is 4.72 Å². The van der Waals surface area contributed by atoms with Crippen LogP contribution in [0.4, 0.5) is 18.9 Å². The lowest BCUT2D eigenvalue weighted by Crippen LogP contribution is -2.16. The number of halogens is 3. The van der Waals surface area contributed by atoms with E-state index in [4.69, 9.17) is 5.26 Å². The molecule has 0 bridgehead atoms. The number of sulfonamides is 1. The summed E-state index contributed by atoms with van der Waals surface area (Å²) in [6.07, 6.45) is 2.45. The number of ketones is 1. The van der Waals surface area contributed by atoms with Gasteiger partial charge in [0.15, 0.2) is 5.82 Å². The lowest BCUT2D eigenvalue weighted by molar-refractivity contribution is 0.103. The van der Waals surface area contributed by atoms with E-state index in [9.17, 15) is 22.0 Å². The van der Waals surface area contributed by atoms with Crippen LogP contribution in [0.5, 0.6) is 0 Å². The maximum Gasteiger partial charge on any atom is 0.261 e. The van der Waals surface area contributed by atoms with Crippen LogP contribution in [0.25, 0.3) is 11.0 Å². The molecule has 4 rings (SSSR count). The first-order chi connectivity index (χ1) is 15.2. The van der Waals surface area contributed by atoms with Gasteiger partial charge in [0, 0.05) is 23.3 Å². The average Bonchev–Trinajstić information content (AvgIpc) is 3.19. The van der Waals surface area contributed by atoms with Crippen LogP contribution in [0.15, 0.2) is 59.8 Å². The van der Waals surface area contributed by atoms with Crippen molar-refractivity contribution in [1.82, 2.24) is 9.97 Å². The van der Waals surface area contributed by atoms with Gasteiger partial charge in [-0.15, -0.1) is 0 Å². The van der Waals surface area contributed by atoms with E-state index < -0.39 is 44.5 Å². The Balaban J connectivity index is 1.77. The third kappa shape index (κ3) is 3.67. The fraction of sp³-hybridized carbons (Fsp3) is 0. The molecule has 32 heavy (non-hydrogen) atoms. The highest BCUT2D eigenvalue weighted by atomic mass is 32.2. The highest BCUT2D eigenvalue weighted by molar-refractivity contribution is 7.92. The van der Waals surface area contributed by atoms with Crippen LogP contribution in [-0.4, -0.2) is 24.2 Å². The highest BCUT2D eigenvalue weighted by Gasteiger charge is 2.26. The van der Waals surface area contributed by atoms with Gasteiger partial charge in [0.1, 0.15) is 23.4 Å². The van der Waals surface area contributed by atoms with Crippen LogP contribution >= 0.6 is 0 Å². The molecule has 0 amide bonds. The summed E-state index contributed by atoms with van der Waals surface area (Å²) in [5.74, 6) is -4.39. The first kappa shape index (κ1) is 21.1. The van der Waals surface area contributed by atoms with Crippen LogP contribution in [0.1, 0.15) is 21.5 Å². The zero-order valence-electron chi connectivity index (χ0n) is 15.9. The van der Waals surface area contributed by atoms with Crippen LogP contribution in [0, 0.1) is 28.8 Å². The number of hydrogen-bond donors (Lipinski definition) is 2. The Labute approximate surface area is 179 Å². The number of nitrogens with zero attached hydrogens (tertiary/aromatic N) is 2. The summed E-state index contributed by atoms with van der Waals surface area (Å²) in [7, 11) is -4.35. The number of pyridine rings is 1. The van der Waals surface area contributed by atoms with Crippen LogP contribution in [-0.2, 0) is 10.0 Å². The van der Waals surface area contributed by atoms with Crippen LogP contribution in [0.2, 0.25) is 0 Å². The van der Waals surface area contributed by atoms with Gasteiger partial charge >= 0.3 is 0 Å². The second-order valence-corrected chi connectivity index (χ2v) is 8.29. The molecule has 2 aromatic heterocycles. The Morgan fingerprint density at radius 2 is 1.81 bits per heavy atom. The number of rotatable bonds is 5. The lowest BCUT2D eigenvalue weighted by atomic mass is 10.0. The van der Waals surface area contributed by atoms with Crippen LogP contribution in [0.3, 0.4) is 0 Å². The van der Waals surface area contributed by atoms with Gasteiger partial charge in [-0.05, 0) is 42.5 Å². The molecular weight excluding hydrogens is 445 g/mol. The third-order valence-electron chi connectivity index (χ3n) is 4.59. The van der Waals surface area contributed by atoms with E-state index in [-0.39, 0.29) is 27.1 Å². The molecule has 0 saturated carbocycles. The molecule has 0 aliphatic carbocycles. The second kappa shape index (κ2) is 7.82. The molecule has 4 aromatic rings. The molecule has 0 saturated heterocycles. The van der Waals surface area contributed by atoms with E-state index in [0.29, 0.717) is 0 Å². The van der Waals surface area contributed by atoms with Gasteiger partial charge in [0.05, 0.1) is 21.7 Å². The van der Waals surface area contributed by atoms with Crippen molar-refractivity contribution in [2.45, 2.75) is 4.90 Å². The highest BCUT2D eigenvalue weighted by Crippen LogP contribution is 2.28. The zero-order valence-corrected chi connectivity index (χ0v) is 16.7. The summed E-state index contributed by atoms with van der Waals surface area (Å²) in [5, 5.41) is 9.20. The Morgan fingerprint density at radius 1 is 1.09 bits per heavy atom. The number of hydrogen-bond acceptors (Lipinski definition) is 5. The molecule has 2 heterocycles. The smallest absolute Gasteiger partial charge is 0.261 e. The molecule has 2 aromatic carbocycles. The summed E-state index contributed by atoms with van der Waals surface area (Å²) in [6, 6.07) is 8.51. The maximum atomic E-state index is 15.1. The number of H-pyrrole nitrogens is 1. The minimum Gasteiger partial charge on any atom is -0.345 e. The van der Waals surface area contributed by atoms with Gasteiger partial charge in [-0.3, -0.25) is 9.52 Å². The van der Waals surface area contributed by atoms with Crippen molar-refractivity contribution in [1.29, 1.82) is 5.26 Å². The van der Waals surface area contributed by atoms with E-state index in [2.05, 4.69) is 9.97 Å². The van der Waals surface area contributed by atoms with Gasteiger partial charge in [-0.2, -0.15) is 5.26 Å². The van der Waals surface area contributed by atoms with E-state index in [1.165, 1.54) is 18.5 Å². The van der Waals surface area contributed by atoms with Gasteiger partial charge in [-0.1, -0.05) is 0 Å². The van der Waals surface area contributed by atoms with E-state index in [1.54, 1.807) is 0 Å². The van der Waals surface area contributed by atoms with Gasteiger partial charge in [0.2, 0.25) is 5.78 Å². The minimum atomic E-state index is -4.35. The molecule has 0 unspecified atom stereocenters. The number of carbonyl (C=O) groups excluding carboxylic acids is 1. The molecule has 0 spiro atoms. The number of carbonyl (C=O) groups is 1. The Hall–Kier alpha value is -4.17. The SMILES string of the molecule is N#Cc1cnc2[nH]cc(C(=O)c3c(F)ccc(NS(=O)(=O)c4ccc(F)cc4)c3F)c2c1. The van der Waals surface area contributed by atoms with Crippen molar-refractivity contribution in [3.8, 4) is 6.07 Å². The topological polar surface area (TPSA) is 116 Å². The fourth-order valence-electron chi connectivity index (χ4n) is 3.04. The molecule has 0 fully saturated rings. The molecule has 0 aliphatic rings. The predicted octanol–water partition coefficient (Wildman–Crippen LogP) is 3.88. The van der Waals surface area contributed by atoms with E-state index in [0.717, 1.165) is 36.4 Å². The summed E-state index contributed by atoms with van der Waals surface area (Å²) < 4.78 is 69.5. The normalized spacial score (nSPS) is 11.3. The molecule has 2 N–H and O–H groups in total. The molecule has 11 heteroatoms. The monoisotopic (exact) mass is 456 g/mol. The Bertz CT molecular complexity index is 1520. The van der Waals surface area contributed by atoms with Gasteiger partial charge in [0.25, 0.3) is 10.0 Å². The van der Waals surface area contributed by atoms with E-state index in [1.807, 2.05) is 10.8 Å². The number of aromatic nitrogens is 2. The maximum absolute atomic E-state index is 15.1. The Kier molecular flexibility index (Phi) is 5.15. The zero-order chi connectivity index (χ0) is 23.0.